The molecule has 1 unspecified atom stereocenters. The highest BCUT2D eigenvalue weighted by Crippen LogP contribution is 2.30. The molecule has 2 rings (SSSR count). The molecule has 1 N–H and O–H groups in total. The fourth-order valence-electron chi connectivity index (χ4n) is 2.58. The largest absolute Gasteiger partial charge is 0.469 e. The Morgan fingerprint density at radius 2 is 2.25 bits per heavy atom. The smallest absolute Gasteiger partial charge is 0.108 e. The van der Waals surface area contributed by atoms with Gasteiger partial charge >= 0.3 is 0 Å². The average Bonchev–Trinajstić information content (AvgIpc) is 2.79. The molecule has 16 heavy (non-hydrogen) atoms. The standard InChI is InChI=1S/C14H23NO/c1-3-11(4-2)10-15-13-6-5-7-14-12(13)8-9-16-14/h8-9,11,13,15H,3-7,10H2,1-2H3. The van der Waals surface area contributed by atoms with Crippen LogP contribution in [-0.2, 0) is 6.42 Å². The lowest BCUT2D eigenvalue weighted by atomic mass is 9.92. The van der Waals surface area contributed by atoms with E-state index in [1.54, 1.807) is 0 Å². The van der Waals surface area contributed by atoms with Gasteiger partial charge in [0.1, 0.15) is 5.76 Å². The van der Waals surface area contributed by atoms with Crippen LogP contribution >= 0.6 is 0 Å². The Bertz CT molecular complexity index is 314. The zero-order valence-corrected chi connectivity index (χ0v) is 10.5. The second kappa shape index (κ2) is 5.53. The summed E-state index contributed by atoms with van der Waals surface area (Å²) in [7, 11) is 0. The van der Waals surface area contributed by atoms with Gasteiger partial charge in [-0.05, 0) is 31.4 Å². The molecule has 0 spiro atoms. The third-order valence-corrected chi connectivity index (χ3v) is 3.86. The molecule has 0 saturated carbocycles. The maximum atomic E-state index is 5.51. The zero-order valence-electron chi connectivity index (χ0n) is 10.5. The molecule has 1 aromatic heterocycles. The third kappa shape index (κ3) is 2.49. The van der Waals surface area contributed by atoms with Crippen LogP contribution in [0.4, 0.5) is 0 Å². The summed E-state index contributed by atoms with van der Waals surface area (Å²) in [4.78, 5) is 0. The van der Waals surface area contributed by atoms with Gasteiger partial charge in [-0.25, -0.2) is 0 Å². The van der Waals surface area contributed by atoms with Crippen LogP contribution in [0.1, 0.15) is 56.9 Å². The Kier molecular flexibility index (Phi) is 4.05. The minimum atomic E-state index is 0.531. The van der Waals surface area contributed by atoms with E-state index in [-0.39, 0.29) is 0 Å². The number of furan rings is 1. The molecule has 0 aliphatic heterocycles. The quantitative estimate of drug-likeness (QED) is 0.820. The highest BCUT2D eigenvalue weighted by Gasteiger charge is 2.22. The first-order valence-electron chi connectivity index (χ1n) is 6.64. The minimum Gasteiger partial charge on any atom is -0.469 e. The van der Waals surface area contributed by atoms with E-state index < -0.39 is 0 Å². The Morgan fingerprint density at radius 3 is 3.00 bits per heavy atom. The van der Waals surface area contributed by atoms with Crippen LogP contribution in [0.3, 0.4) is 0 Å². The van der Waals surface area contributed by atoms with Crippen LogP contribution in [0.5, 0.6) is 0 Å². The van der Waals surface area contributed by atoms with Crippen LogP contribution in [0, 0.1) is 5.92 Å². The van der Waals surface area contributed by atoms with Crippen molar-refractivity contribution in [1.82, 2.24) is 5.32 Å². The predicted molar refractivity (Wildman–Crippen MR) is 66.5 cm³/mol. The topological polar surface area (TPSA) is 25.2 Å². The fraction of sp³-hybridized carbons (Fsp3) is 0.714. The summed E-state index contributed by atoms with van der Waals surface area (Å²) in [5, 5.41) is 3.71. The van der Waals surface area contributed by atoms with E-state index in [1.165, 1.54) is 37.0 Å². The molecule has 1 heterocycles. The number of hydrogen-bond acceptors (Lipinski definition) is 2. The number of nitrogens with one attached hydrogen (secondary N) is 1. The molecule has 0 aromatic carbocycles. The lowest BCUT2D eigenvalue weighted by Crippen LogP contribution is -2.29. The Morgan fingerprint density at radius 1 is 1.44 bits per heavy atom. The van der Waals surface area contributed by atoms with Gasteiger partial charge in [-0.1, -0.05) is 26.7 Å². The SMILES string of the molecule is CCC(CC)CNC1CCCc2occc21. The van der Waals surface area contributed by atoms with E-state index in [0.717, 1.165) is 18.9 Å². The maximum absolute atomic E-state index is 5.51. The summed E-state index contributed by atoms with van der Waals surface area (Å²) >= 11 is 0. The molecule has 2 nitrogen and oxygen atoms in total. The van der Waals surface area contributed by atoms with Gasteiger partial charge in [-0.15, -0.1) is 0 Å². The number of fused-ring (bicyclic) bond motifs is 1. The number of rotatable bonds is 5. The molecule has 2 heteroatoms. The summed E-state index contributed by atoms with van der Waals surface area (Å²) in [5.74, 6) is 2.02. The first kappa shape index (κ1) is 11.7. The van der Waals surface area contributed by atoms with Gasteiger partial charge in [0.25, 0.3) is 0 Å². The molecular weight excluding hydrogens is 198 g/mol. The van der Waals surface area contributed by atoms with Crippen LogP contribution in [0.2, 0.25) is 0 Å². The van der Waals surface area contributed by atoms with Crippen LogP contribution in [0.15, 0.2) is 16.7 Å². The summed E-state index contributed by atoms with van der Waals surface area (Å²) in [6.07, 6.45) is 8.00. The Labute approximate surface area is 98.4 Å². The predicted octanol–water partition coefficient (Wildman–Crippen LogP) is 3.68. The van der Waals surface area contributed by atoms with Crippen molar-refractivity contribution in [3.63, 3.8) is 0 Å². The first-order chi connectivity index (χ1) is 7.85. The molecule has 0 radical (unpaired) electrons. The van der Waals surface area contributed by atoms with Crippen molar-refractivity contribution < 1.29 is 4.42 Å². The molecule has 0 amide bonds. The molecule has 1 atom stereocenters. The van der Waals surface area contributed by atoms with Gasteiger partial charge in [0, 0.05) is 18.0 Å². The molecule has 1 aliphatic carbocycles. The third-order valence-electron chi connectivity index (χ3n) is 3.86. The summed E-state index contributed by atoms with van der Waals surface area (Å²) in [6.45, 7) is 5.70. The van der Waals surface area contributed by atoms with Crippen molar-refractivity contribution in [2.75, 3.05) is 6.54 Å². The molecule has 0 saturated heterocycles. The van der Waals surface area contributed by atoms with Gasteiger partial charge in [0.05, 0.1) is 6.26 Å². The van der Waals surface area contributed by atoms with Gasteiger partial charge in [-0.2, -0.15) is 0 Å². The highest BCUT2D eigenvalue weighted by atomic mass is 16.3. The summed E-state index contributed by atoms with van der Waals surface area (Å²) in [6, 6.07) is 2.67. The van der Waals surface area contributed by atoms with Crippen molar-refractivity contribution in [1.29, 1.82) is 0 Å². The van der Waals surface area contributed by atoms with Crippen LogP contribution < -0.4 is 5.32 Å². The monoisotopic (exact) mass is 221 g/mol. The van der Waals surface area contributed by atoms with Crippen LogP contribution in [0.25, 0.3) is 0 Å². The second-order valence-electron chi connectivity index (χ2n) is 4.83. The lowest BCUT2D eigenvalue weighted by molar-refractivity contribution is 0.370. The van der Waals surface area contributed by atoms with Gasteiger partial charge in [0.2, 0.25) is 0 Å². The highest BCUT2D eigenvalue weighted by molar-refractivity contribution is 5.23. The van der Waals surface area contributed by atoms with E-state index in [2.05, 4.69) is 25.2 Å². The zero-order chi connectivity index (χ0) is 11.4. The first-order valence-corrected chi connectivity index (χ1v) is 6.64. The molecular formula is C14H23NO. The van der Waals surface area contributed by atoms with Gasteiger partial charge < -0.3 is 9.73 Å². The van der Waals surface area contributed by atoms with Crippen molar-refractivity contribution in [2.45, 2.75) is 52.0 Å². The van der Waals surface area contributed by atoms with Crippen molar-refractivity contribution in [2.24, 2.45) is 5.92 Å². The number of hydrogen-bond donors (Lipinski definition) is 1. The van der Waals surface area contributed by atoms with E-state index in [1.807, 2.05) is 6.26 Å². The summed E-state index contributed by atoms with van der Waals surface area (Å²) in [5.41, 5.74) is 1.40. The molecule has 1 aliphatic rings. The minimum absolute atomic E-state index is 0.531. The molecule has 0 bridgehead atoms. The van der Waals surface area contributed by atoms with E-state index in [9.17, 15) is 0 Å². The van der Waals surface area contributed by atoms with Crippen LogP contribution in [-0.4, -0.2) is 6.54 Å². The van der Waals surface area contributed by atoms with E-state index in [0.29, 0.717) is 6.04 Å². The summed E-state index contributed by atoms with van der Waals surface area (Å²) < 4.78 is 5.51. The van der Waals surface area contributed by atoms with Crippen molar-refractivity contribution in [3.05, 3.63) is 23.7 Å². The van der Waals surface area contributed by atoms with E-state index in [4.69, 9.17) is 4.42 Å². The molecule has 0 fully saturated rings. The Hall–Kier alpha value is -0.760. The van der Waals surface area contributed by atoms with Crippen molar-refractivity contribution >= 4 is 0 Å². The normalized spacial score (nSPS) is 20.1. The second-order valence-corrected chi connectivity index (χ2v) is 4.83. The molecule has 1 aromatic rings. The fourth-order valence-corrected chi connectivity index (χ4v) is 2.58. The van der Waals surface area contributed by atoms with Gasteiger partial charge in [0.15, 0.2) is 0 Å². The van der Waals surface area contributed by atoms with E-state index >= 15 is 0 Å². The maximum Gasteiger partial charge on any atom is 0.108 e. The average molecular weight is 221 g/mol. The number of aryl methyl sites for hydroxylation is 1. The van der Waals surface area contributed by atoms with Crippen molar-refractivity contribution in [3.8, 4) is 0 Å². The Balaban J connectivity index is 1.92. The lowest BCUT2D eigenvalue weighted by Gasteiger charge is -2.25. The molecule has 90 valence electrons. The van der Waals surface area contributed by atoms with Gasteiger partial charge in [-0.3, -0.25) is 0 Å².